The van der Waals surface area contributed by atoms with Crippen LogP contribution >= 0.6 is 0 Å². The number of aromatic nitrogens is 2. The summed E-state index contributed by atoms with van der Waals surface area (Å²) in [5, 5.41) is 7.11. The Kier molecular flexibility index (Phi) is 5.70. The number of para-hydroxylation sites is 1. The third kappa shape index (κ3) is 4.28. The lowest BCUT2D eigenvalue weighted by Gasteiger charge is -2.34. The number of urea groups is 1. The van der Waals surface area contributed by atoms with Gasteiger partial charge in [-0.05, 0) is 43.7 Å². The highest BCUT2D eigenvalue weighted by Crippen LogP contribution is 2.19. The van der Waals surface area contributed by atoms with Gasteiger partial charge >= 0.3 is 6.03 Å². The molecule has 0 bridgehead atoms. The molecule has 3 amide bonds. The molecule has 1 fully saturated rings. The number of anilines is 1. The number of carbonyl (C=O) groups is 2. The highest BCUT2D eigenvalue weighted by molar-refractivity contribution is 5.95. The number of carbonyl (C=O) groups excluding carboxylic acids is 2. The highest BCUT2D eigenvalue weighted by Gasteiger charge is 2.27. The van der Waals surface area contributed by atoms with Crippen LogP contribution in [0.25, 0.3) is 5.69 Å². The number of halogens is 1. The number of hydrogen-bond acceptors (Lipinski definition) is 3. The number of nitrogens with one attached hydrogen (secondary N) is 1. The van der Waals surface area contributed by atoms with Gasteiger partial charge in [-0.15, -0.1) is 0 Å². The van der Waals surface area contributed by atoms with E-state index in [4.69, 9.17) is 0 Å². The Morgan fingerprint density at radius 1 is 0.968 bits per heavy atom. The van der Waals surface area contributed by atoms with Crippen LogP contribution in [0.15, 0.2) is 54.7 Å². The van der Waals surface area contributed by atoms with Crippen molar-refractivity contribution in [2.24, 2.45) is 0 Å². The lowest BCUT2D eigenvalue weighted by molar-refractivity contribution is 0.0671. The van der Waals surface area contributed by atoms with Crippen molar-refractivity contribution in [1.29, 1.82) is 0 Å². The van der Waals surface area contributed by atoms with E-state index >= 15 is 0 Å². The van der Waals surface area contributed by atoms with E-state index in [-0.39, 0.29) is 11.9 Å². The Labute approximate surface area is 180 Å². The summed E-state index contributed by atoms with van der Waals surface area (Å²) in [6, 6.07) is 13.8. The van der Waals surface area contributed by atoms with Crippen molar-refractivity contribution < 1.29 is 14.0 Å². The Balaban J connectivity index is 1.40. The van der Waals surface area contributed by atoms with Crippen LogP contribution in [0.5, 0.6) is 0 Å². The van der Waals surface area contributed by atoms with E-state index in [0.29, 0.717) is 43.1 Å². The van der Waals surface area contributed by atoms with E-state index in [1.54, 1.807) is 34.9 Å². The van der Waals surface area contributed by atoms with Crippen LogP contribution in [0.2, 0.25) is 0 Å². The standard InChI is InChI=1S/C23H24FN5O2/c1-16-6-5-7-18(14-16)26-23(31)28-12-10-27(11-13-28)22(30)19-15-25-29(17(19)2)21-9-4-3-8-20(21)24/h3-9,14-15H,10-13H2,1-2H3,(H,26,31). The van der Waals surface area contributed by atoms with Gasteiger partial charge in [-0.25, -0.2) is 13.9 Å². The Morgan fingerprint density at radius 3 is 2.39 bits per heavy atom. The topological polar surface area (TPSA) is 70.5 Å². The third-order valence-corrected chi connectivity index (χ3v) is 5.44. The minimum absolute atomic E-state index is 0.168. The van der Waals surface area contributed by atoms with E-state index in [1.165, 1.54) is 16.9 Å². The predicted octanol–water partition coefficient (Wildman–Crippen LogP) is 3.62. The van der Waals surface area contributed by atoms with Crippen molar-refractivity contribution in [2.75, 3.05) is 31.5 Å². The summed E-state index contributed by atoms with van der Waals surface area (Å²) in [4.78, 5) is 28.9. The molecule has 2 heterocycles. The molecule has 0 aliphatic carbocycles. The van der Waals surface area contributed by atoms with Crippen molar-refractivity contribution in [3.05, 3.63) is 77.4 Å². The molecule has 0 spiro atoms. The molecule has 0 saturated carbocycles. The lowest BCUT2D eigenvalue weighted by atomic mass is 10.2. The van der Waals surface area contributed by atoms with Gasteiger partial charge in [0.1, 0.15) is 11.5 Å². The molecule has 31 heavy (non-hydrogen) atoms. The van der Waals surface area contributed by atoms with Crippen molar-refractivity contribution in [1.82, 2.24) is 19.6 Å². The monoisotopic (exact) mass is 421 g/mol. The quantitative estimate of drug-likeness (QED) is 0.702. The normalized spacial score (nSPS) is 13.9. The van der Waals surface area contributed by atoms with Gasteiger partial charge < -0.3 is 15.1 Å². The maximum Gasteiger partial charge on any atom is 0.321 e. The maximum absolute atomic E-state index is 14.1. The van der Waals surface area contributed by atoms with Crippen LogP contribution < -0.4 is 5.32 Å². The van der Waals surface area contributed by atoms with Crippen LogP contribution in [0, 0.1) is 19.7 Å². The van der Waals surface area contributed by atoms with Gasteiger partial charge in [0.25, 0.3) is 5.91 Å². The highest BCUT2D eigenvalue weighted by atomic mass is 19.1. The van der Waals surface area contributed by atoms with Crippen LogP contribution in [0.4, 0.5) is 14.9 Å². The molecule has 4 rings (SSSR count). The lowest BCUT2D eigenvalue weighted by Crippen LogP contribution is -2.51. The number of piperazine rings is 1. The van der Waals surface area contributed by atoms with Crippen LogP contribution in [-0.2, 0) is 0 Å². The first kappa shape index (κ1) is 20.6. The zero-order chi connectivity index (χ0) is 22.0. The number of rotatable bonds is 3. The van der Waals surface area contributed by atoms with Gasteiger partial charge in [-0.3, -0.25) is 4.79 Å². The summed E-state index contributed by atoms with van der Waals surface area (Å²) >= 11 is 0. The second-order valence-corrected chi connectivity index (χ2v) is 7.59. The molecule has 3 aromatic rings. The molecule has 1 aliphatic rings. The van der Waals surface area contributed by atoms with Crippen molar-refractivity contribution in [2.45, 2.75) is 13.8 Å². The van der Waals surface area contributed by atoms with Crippen molar-refractivity contribution in [3.8, 4) is 5.69 Å². The van der Waals surface area contributed by atoms with Gasteiger partial charge in [0, 0.05) is 31.9 Å². The summed E-state index contributed by atoms with van der Waals surface area (Å²) in [6.45, 7) is 5.43. The first-order valence-electron chi connectivity index (χ1n) is 10.2. The number of benzene rings is 2. The van der Waals surface area contributed by atoms with E-state index in [9.17, 15) is 14.0 Å². The molecule has 160 valence electrons. The number of aryl methyl sites for hydroxylation is 1. The Morgan fingerprint density at radius 2 is 1.68 bits per heavy atom. The average Bonchev–Trinajstić information content (AvgIpc) is 3.15. The SMILES string of the molecule is Cc1cccc(NC(=O)N2CCN(C(=O)c3cnn(-c4ccccc4F)c3C)CC2)c1. The molecule has 2 aromatic carbocycles. The number of hydrogen-bond donors (Lipinski definition) is 1. The molecule has 0 unspecified atom stereocenters. The number of nitrogens with zero attached hydrogens (tertiary/aromatic N) is 4. The fraction of sp³-hybridized carbons (Fsp3) is 0.261. The van der Waals surface area contributed by atoms with E-state index in [1.807, 2.05) is 31.2 Å². The first-order valence-corrected chi connectivity index (χ1v) is 10.2. The van der Waals surface area contributed by atoms with Crippen LogP contribution in [0.1, 0.15) is 21.6 Å². The molecule has 1 aliphatic heterocycles. The molecule has 0 radical (unpaired) electrons. The van der Waals surface area contributed by atoms with Gasteiger partial charge in [-0.2, -0.15) is 5.10 Å². The largest absolute Gasteiger partial charge is 0.335 e. The van der Waals surface area contributed by atoms with Crippen molar-refractivity contribution >= 4 is 17.6 Å². The van der Waals surface area contributed by atoms with Gasteiger partial charge in [-0.1, -0.05) is 24.3 Å². The number of amides is 3. The zero-order valence-corrected chi connectivity index (χ0v) is 17.5. The summed E-state index contributed by atoms with van der Waals surface area (Å²) in [5.74, 6) is -0.570. The van der Waals surface area contributed by atoms with E-state index in [2.05, 4.69) is 10.4 Å². The summed E-state index contributed by atoms with van der Waals surface area (Å²) in [5.41, 5.74) is 3.13. The molecule has 7 nitrogen and oxygen atoms in total. The zero-order valence-electron chi connectivity index (χ0n) is 17.5. The maximum atomic E-state index is 14.1. The van der Waals surface area contributed by atoms with Crippen molar-refractivity contribution in [3.63, 3.8) is 0 Å². The second-order valence-electron chi connectivity index (χ2n) is 7.59. The minimum Gasteiger partial charge on any atom is -0.335 e. The van der Waals surface area contributed by atoms with Gasteiger partial charge in [0.05, 0.1) is 17.5 Å². The Hall–Kier alpha value is -3.68. The molecule has 8 heteroatoms. The minimum atomic E-state index is -0.402. The molecule has 1 aromatic heterocycles. The summed E-state index contributed by atoms with van der Waals surface area (Å²) in [6.07, 6.45) is 1.47. The molecular formula is C23H24FN5O2. The third-order valence-electron chi connectivity index (χ3n) is 5.44. The summed E-state index contributed by atoms with van der Waals surface area (Å²) in [7, 11) is 0. The molecule has 1 saturated heterocycles. The second kappa shape index (κ2) is 8.59. The predicted molar refractivity (Wildman–Crippen MR) is 116 cm³/mol. The fourth-order valence-corrected chi connectivity index (χ4v) is 3.69. The Bertz CT molecular complexity index is 1120. The molecule has 1 N–H and O–H groups in total. The van der Waals surface area contributed by atoms with E-state index in [0.717, 1.165) is 11.3 Å². The fourth-order valence-electron chi connectivity index (χ4n) is 3.69. The van der Waals surface area contributed by atoms with Crippen LogP contribution in [-0.4, -0.2) is 57.7 Å². The van der Waals surface area contributed by atoms with Gasteiger partial charge in [0.15, 0.2) is 0 Å². The first-order chi connectivity index (χ1) is 14.9. The molecule has 0 atom stereocenters. The van der Waals surface area contributed by atoms with E-state index < -0.39 is 5.82 Å². The van der Waals surface area contributed by atoms with Crippen LogP contribution in [0.3, 0.4) is 0 Å². The summed E-state index contributed by atoms with van der Waals surface area (Å²) < 4.78 is 15.6. The molecular weight excluding hydrogens is 397 g/mol. The average molecular weight is 421 g/mol. The van der Waals surface area contributed by atoms with Gasteiger partial charge in [0.2, 0.25) is 0 Å². The smallest absolute Gasteiger partial charge is 0.321 e.